The van der Waals surface area contributed by atoms with Gasteiger partial charge in [-0.25, -0.2) is 16.8 Å². The SMILES string of the molecule is CNC(=O)[C@H]1C[C@H](n2cc(-c3cn(S(=O)(=O)c4ccccc4)c4cc(F)ccc34)cn2)C1. The van der Waals surface area contributed by atoms with Crippen LogP contribution < -0.4 is 5.32 Å². The lowest BCUT2D eigenvalue weighted by atomic mass is 9.80. The maximum absolute atomic E-state index is 14.1. The van der Waals surface area contributed by atoms with Crippen molar-refractivity contribution in [2.24, 2.45) is 5.92 Å². The van der Waals surface area contributed by atoms with Gasteiger partial charge in [-0.05, 0) is 43.2 Å². The minimum absolute atomic E-state index is 0.0152. The van der Waals surface area contributed by atoms with Gasteiger partial charge in [0.05, 0.1) is 22.7 Å². The van der Waals surface area contributed by atoms with Gasteiger partial charge in [-0.1, -0.05) is 18.2 Å². The van der Waals surface area contributed by atoms with Crippen molar-refractivity contribution >= 4 is 26.8 Å². The summed E-state index contributed by atoms with van der Waals surface area (Å²) in [7, 11) is -2.29. The molecule has 0 bridgehead atoms. The third kappa shape index (κ3) is 3.29. The fourth-order valence-electron chi connectivity index (χ4n) is 4.20. The molecule has 0 spiro atoms. The number of fused-ring (bicyclic) bond motifs is 1. The lowest BCUT2D eigenvalue weighted by Crippen LogP contribution is -2.38. The maximum atomic E-state index is 14.1. The standard InChI is InChI=1S/C23H21FN4O3S/c1-25-23(29)15-9-18(10-15)27-13-16(12-26-27)21-14-28(22-11-17(24)7-8-20(21)22)32(30,31)19-5-3-2-4-6-19/h2-8,11-15,18H,9-10H2,1H3,(H,25,29)/t15-,18-. The third-order valence-electron chi connectivity index (χ3n) is 6.05. The number of amides is 1. The van der Waals surface area contributed by atoms with Crippen LogP contribution in [0.5, 0.6) is 0 Å². The zero-order valence-electron chi connectivity index (χ0n) is 17.3. The van der Waals surface area contributed by atoms with Crippen LogP contribution in [-0.4, -0.2) is 35.1 Å². The summed E-state index contributed by atoms with van der Waals surface area (Å²) in [4.78, 5) is 11.9. The molecule has 0 aliphatic heterocycles. The van der Waals surface area contributed by atoms with Crippen LogP contribution in [0.25, 0.3) is 22.0 Å². The molecule has 2 heterocycles. The van der Waals surface area contributed by atoms with Gasteiger partial charge in [-0.2, -0.15) is 5.10 Å². The number of benzene rings is 2. The Labute approximate surface area is 184 Å². The lowest BCUT2D eigenvalue weighted by molar-refractivity contribution is -0.128. The van der Waals surface area contributed by atoms with Crippen molar-refractivity contribution in [2.75, 3.05) is 7.05 Å². The van der Waals surface area contributed by atoms with Crippen LogP contribution in [0, 0.1) is 11.7 Å². The van der Waals surface area contributed by atoms with E-state index in [1.807, 2.05) is 10.9 Å². The molecule has 0 unspecified atom stereocenters. The minimum atomic E-state index is -3.91. The van der Waals surface area contributed by atoms with E-state index in [1.54, 1.807) is 37.5 Å². The molecule has 1 fully saturated rings. The number of carbonyl (C=O) groups is 1. The van der Waals surface area contributed by atoms with E-state index in [4.69, 9.17) is 0 Å². The average Bonchev–Trinajstić information content (AvgIpc) is 3.38. The third-order valence-corrected chi connectivity index (χ3v) is 7.74. The molecule has 9 heteroatoms. The Balaban J connectivity index is 1.56. The lowest BCUT2D eigenvalue weighted by Gasteiger charge is -2.33. The number of hydrogen-bond donors (Lipinski definition) is 1. The fourth-order valence-corrected chi connectivity index (χ4v) is 5.59. The second kappa shape index (κ2) is 7.59. The number of carbonyl (C=O) groups excluding carboxylic acids is 1. The van der Waals surface area contributed by atoms with Gasteiger partial charge in [0, 0.05) is 41.9 Å². The first kappa shape index (κ1) is 20.4. The average molecular weight is 453 g/mol. The fraction of sp³-hybridized carbons (Fsp3) is 0.217. The van der Waals surface area contributed by atoms with Crippen LogP contribution in [0.2, 0.25) is 0 Å². The summed E-state index contributed by atoms with van der Waals surface area (Å²) in [5.41, 5.74) is 1.64. The van der Waals surface area contributed by atoms with Crippen LogP contribution in [0.4, 0.5) is 4.39 Å². The first-order valence-electron chi connectivity index (χ1n) is 10.3. The summed E-state index contributed by atoms with van der Waals surface area (Å²) < 4.78 is 43.6. The summed E-state index contributed by atoms with van der Waals surface area (Å²) in [6.45, 7) is 0. The highest BCUT2D eigenvalue weighted by Crippen LogP contribution is 2.39. The molecule has 2 aromatic heterocycles. The van der Waals surface area contributed by atoms with E-state index in [1.165, 1.54) is 30.5 Å². The van der Waals surface area contributed by atoms with Crippen molar-refractivity contribution in [3.8, 4) is 11.1 Å². The Morgan fingerprint density at radius 2 is 1.88 bits per heavy atom. The van der Waals surface area contributed by atoms with Crippen molar-refractivity contribution in [2.45, 2.75) is 23.8 Å². The van der Waals surface area contributed by atoms with E-state index in [9.17, 15) is 17.6 Å². The van der Waals surface area contributed by atoms with Crippen LogP contribution in [-0.2, 0) is 14.8 Å². The van der Waals surface area contributed by atoms with Crippen molar-refractivity contribution in [3.63, 3.8) is 0 Å². The van der Waals surface area contributed by atoms with E-state index in [0.717, 1.165) is 9.54 Å². The Bertz CT molecular complexity index is 1420. The predicted molar refractivity (Wildman–Crippen MR) is 118 cm³/mol. The summed E-state index contributed by atoms with van der Waals surface area (Å²) in [5.74, 6) is -0.500. The maximum Gasteiger partial charge on any atom is 0.268 e. The molecule has 164 valence electrons. The number of nitrogens with one attached hydrogen (secondary N) is 1. The summed E-state index contributed by atoms with van der Waals surface area (Å²) in [6.07, 6.45) is 6.45. The van der Waals surface area contributed by atoms with E-state index in [0.29, 0.717) is 23.8 Å². The first-order chi connectivity index (χ1) is 15.4. The predicted octanol–water partition coefficient (Wildman–Crippen LogP) is 3.58. The topological polar surface area (TPSA) is 86.0 Å². The number of nitrogens with zero attached hydrogens (tertiary/aromatic N) is 3. The molecule has 1 aliphatic rings. The minimum Gasteiger partial charge on any atom is -0.359 e. The molecule has 2 aromatic carbocycles. The molecule has 32 heavy (non-hydrogen) atoms. The molecule has 0 saturated heterocycles. The Morgan fingerprint density at radius 1 is 1.12 bits per heavy atom. The number of hydrogen-bond acceptors (Lipinski definition) is 4. The van der Waals surface area contributed by atoms with Crippen molar-refractivity contribution in [1.82, 2.24) is 19.1 Å². The second-order valence-corrected chi connectivity index (χ2v) is 9.78. The largest absolute Gasteiger partial charge is 0.359 e. The Morgan fingerprint density at radius 3 is 2.59 bits per heavy atom. The molecular weight excluding hydrogens is 431 g/mol. The molecule has 0 atom stereocenters. The van der Waals surface area contributed by atoms with Gasteiger partial charge < -0.3 is 5.32 Å². The summed E-state index contributed by atoms with van der Waals surface area (Å²) in [6, 6.07) is 12.3. The summed E-state index contributed by atoms with van der Waals surface area (Å²) in [5, 5.41) is 7.72. The van der Waals surface area contributed by atoms with Crippen molar-refractivity contribution in [3.05, 3.63) is 72.9 Å². The number of aromatic nitrogens is 3. The van der Waals surface area contributed by atoms with E-state index in [-0.39, 0.29) is 28.3 Å². The molecular formula is C23H21FN4O3S. The second-order valence-electron chi connectivity index (χ2n) is 7.96. The van der Waals surface area contributed by atoms with Crippen molar-refractivity contribution in [1.29, 1.82) is 0 Å². The Hall–Kier alpha value is -3.46. The quantitative estimate of drug-likeness (QED) is 0.502. The van der Waals surface area contributed by atoms with Crippen LogP contribution in [0.1, 0.15) is 18.9 Å². The highest BCUT2D eigenvalue weighted by molar-refractivity contribution is 7.90. The number of halogens is 1. The van der Waals surface area contributed by atoms with Gasteiger partial charge in [0.1, 0.15) is 5.82 Å². The normalized spacial score (nSPS) is 18.4. The summed E-state index contributed by atoms with van der Waals surface area (Å²) >= 11 is 0. The van der Waals surface area contributed by atoms with Gasteiger partial charge in [0.2, 0.25) is 5.91 Å². The van der Waals surface area contributed by atoms with Gasteiger partial charge in [-0.3, -0.25) is 9.48 Å². The van der Waals surface area contributed by atoms with Crippen LogP contribution >= 0.6 is 0 Å². The van der Waals surface area contributed by atoms with Gasteiger partial charge in [0.25, 0.3) is 10.0 Å². The Kier molecular flexibility index (Phi) is 4.85. The van der Waals surface area contributed by atoms with E-state index < -0.39 is 15.8 Å². The van der Waals surface area contributed by atoms with Gasteiger partial charge >= 0.3 is 0 Å². The zero-order valence-corrected chi connectivity index (χ0v) is 18.1. The van der Waals surface area contributed by atoms with Crippen LogP contribution in [0.3, 0.4) is 0 Å². The zero-order chi connectivity index (χ0) is 22.5. The molecule has 1 amide bonds. The monoisotopic (exact) mass is 452 g/mol. The van der Waals surface area contributed by atoms with Crippen LogP contribution in [0.15, 0.2) is 72.0 Å². The molecule has 4 aromatic rings. The van der Waals surface area contributed by atoms with E-state index >= 15 is 0 Å². The highest BCUT2D eigenvalue weighted by Gasteiger charge is 2.35. The molecule has 1 N–H and O–H groups in total. The van der Waals surface area contributed by atoms with Gasteiger partial charge in [-0.15, -0.1) is 0 Å². The molecule has 0 radical (unpaired) electrons. The smallest absolute Gasteiger partial charge is 0.268 e. The molecule has 1 aliphatic carbocycles. The highest BCUT2D eigenvalue weighted by atomic mass is 32.2. The molecule has 7 nitrogen and oxygen atoms in total. The van der Waals surface area contributed by atoms with Gasteiger partial charge in [0.15, 0.2) is 0 Å². The molecule has 1 saturated carbocycles. The first-order valence-corrected chi connectivity index (χ1v) is 11.7. The molecule has 5 rings (SSSR count). The van der Waals surface area contributed by atoms with Crippen molar-refractivity contribution < 1.29 is 17.6 Å². The van der Waals surface area contributed by atoms with E-state index in [2.05, 4.69) is 10.4 Å². The number of rotatable bonds is 5.